The number of rotatable bonds is 6. The van der Waals surface area contributed by atoms with Gasteiger partial charge in [0.05, 0.1) is 12.7 Å². The van der Waals surface area contributed by atoms with Crippen LogP contribution < -0.4 is 0 Å². The standard InChI is InChI=1S/C24H42O/c1-3-5-20-6-8-21(9-7-20)10-11-22-14-17-24(25-18-22)23-15-12-19(4-2)13-16-23/h10-11,19-24H,3-9,12-18H2,1-2H3/b11-10+. The van der Waals surface area contributed by atoms with Crippen molar-refractivity contribution in [1.29, 1.82) is 0 Å². The van der Waals surface area contributed by atoms with E-state index in [0.717, 1.165) is 30.3 Å². The summed E-state index contributed by atoms with van der Waals surface area (Å²) in [6.07, 6.45) is 24.1. The van der Waals surface area contributed by atoms with Gasteiger partial charge in [-0.2, -0.15) is 0 Å². The molecule has 3 rings (SSSR count). The Morgan fingerprint density at radius 3 is 1.96 bits per heavy atom. The molecule has 3 aliphatic rings. The van der Waals surface area contributed by atoms with E-state index in [0.29, 0.717) is 12.0 Å². The van der Waals surface area contributed by atoms with Crippen molar-refractivity contribution in [3.8, 4) is 0 Å². The first-order valence-corrected chi connectivity index (χ1v) is 11.6. The van der Waals surface area contributed by atoms with Crippen LogP contribution in [0.2, 0.25) is 0 Å². The lowest BCUT2D eigenvalue weighted by Gasteiger charge is -2.37. The average Bonchev–Trinajstić information content (AvgIpc) is 2.68. The van der Waals surface area contributed by atoms with Crippen LogP contribution in [-0.2, 0) is 4.74 Å². The second-order valence-corrected chi connectivity index (χ2v) is 9.35. The lowest BCUT2D eigenvalue weighted by atomic mass is 9.76. The number of hydrogen-bond donors (Lipinski definition) is 0. The van der Waals surface area contributed by atoms with Gasteiger partial charge < -0.3 is 4.74 Å². The van der Waals surface area contributed by atoms with Crippen molar-refractivity contribution in [2.75, 3.05) is 6.61 Å². The maximum atomic E-state index is 6.34. The van der Waals surface area contributed by atoms with Crippen LogP contribution in [0.25, 0.3) is 0 Å². The zero-order valence-corrected chi connectivity index (χ0v) is 16.9. The van der Waals surface area contributed by atoms with Gasteiger partial charge in [-0.25, -0.2) is 0 Å². The largest absolute Gasteiger partial charge is 0.377 e. The highest BCUT2D eigenvalue weighted by Crippen LogP contribution is 2.37. The molecule has 1 heteroatoms. The summed E-state index contributed by atoms with van der Waals surface area (Å²) in [7, 11) is 0. The SMILES string of the molecule is CCCC1CCC(/C=C/C2CCC(C3CCC(CC)CC3)OC2)CC1. The summed E-state index contributed by atoms with van der Waals surface area (Å²) in [6.45, 7) is 5.67. The third-order valence-electron chi connectivity index (χ3n) is 7.58. The maximum Gasteiger partial charge on any atom is 0.0603 e. The summed E-state index contributed by atoms with van der Waals surface area (Å²) < 4.78 is 6.34. The van der Waals surface area contributed by atoms with E-state index in [2.05, 4.69) is 26.0 Å². The van der Waals surface area contributed by atoms with Crippen molar-refractivity contribution >= 4 is 0 Å². The topological polar surface area (TPSA) is 9.23 Å². The van der Waals surface area contributed by atoms with Crippen LogP contribution in [-0.4, -0.2) is 12.7 Å². The molecule has 2 aliphatic carbocycles. The molecule has 2 saturated carbocycles. The molecule has 0 N–H and O–H groups in total. The zero-order valence-electron chi connectivity index (χ0n) is 16.9. The predicted molar refractivity (Wildman–Crippen MR) is 108 cm³/mol. The van der Waals surface area contributed by atoms with Gasteiger partial charge in [-0.15, -0.1) is 0 Å². The van der Waals surface area contributed by atoms with Crippen molar-refractivity contribution in [2.45, 2.75) is 103 Å². The third kappa shape index (κ3) is 5.84. The Bertz CT molecular complexity index is 377. The second-order valence-electron chi connectivity index (χ2n) is 9.35. The van der Waals surface area contributed by atoms with Crippen molar-refractivity contribution in [3.63, 3.8) is 0 Å². The summed E-state index contributed by atoms with van der Waals surface area (Å²) in [5.41, 5.74) is 0. The van der Waals surface area contributed by atoms with Gasteiger partial charge in [0.15, 0.2) is 0 Å². The average molecular weight is 347 g/mol. The van der Waals surface area contributed by atoms with Crippen LogP contribution in [0, 0.1) is 29.6 Å². The highest BCUT2D eigenvalue weighted by atomic mass is 16.5. The summed E-state index contributed by atoms with van der Waals surface area (Å²) in [6, 6.07) is 0. The van der Waals surface area contributed by atoms with Crippen LogP contribution in [0.5, 0.6) is 0 Å². The quantitative estimate of drug-likeness (QED) is 0.463. The van der Waals surface area contributed by atoms with E-state index in [1.807, 2.05) is 0 Å². The molecule has 1 aliphatic heterocycles. The number of allylic oxidation sites excluding steroid dienone is 1. The third-order valence-corrected chi connectivity index (χ3v) is 7.58. The molecule has 3 fully saturated rings. The predicted octanol–water partition coefficient (Wildman–Crippen LogP) is 7.16. The first-order chi connectivity index (χ1) is 12.3. The molecular formula is C24H42O. The van der Waals surface area contributed by atoms with Gasteiger partial charge in [-0.3, -0.25) is 0 Å². The Balaban J connectivity index is 1.34. The fourth-order valence-electron chi connectivity index (χ4n) is 5.68. The molecule has 0 radical (unpaired) electrons. The van der Waals surface area contributed by atoms with Crippen molar-refractivity contribution in [1.82, 2.24) is 0 Å². The van der Waals surface area contributed by atoms with Gasteiger partial charge in [-0.1, -0.05) is 58.1 Å². The first kappa shape index (κ1) is 19.5. The Hall–Kier alpha value is -0.300. The lowest BCUT2D eigenvalue weighted by Crippen LogP contribution is -2.33. The van der Waals surface area contributed by atoms with Crippen molar-refractivity contribution < 1.29 is 4.74 Å². The molecule has 2 atom stereocenters. The van der Waals surface area contributed by atoms with Crippen LogP contribution >= 0.6 is 0 Å². The van der Waals surface area contributed by atoms with Crippen molar-refractivity contribution in [3.05, 3.63) is 12.2 Å². The molecule has 0 aromatic rings. The molecule has 25 heavy (non-hydrogen) atoms. The molecule has 1 heterocycles. The highest BCUT2D eigenvalue weighted by Gasteiger charge is 2.30. The fraction of sp³-hybridized carbons (Fsp3) is 0.917. The van der Waals surface area contributed by atoms with Crippen LogP contribution in [0.3, 0.4) is 0 Å². The molecule has 144 valence electrons. The Kier molecular flexibility index (Phi) is 7.90. The van der Waals surface area contributed by atoms with E-state index in [-0.39, 0.29) is 0 Å². The molecule has 2 unspecified atom stereocenters. The summed E-state index contributed by atoms with van der Waals surface area (Å²) in [5, 5.41) is 0. The molecule has 0 aromatic heterocycles. The van der Waals surface area contributed by atoms with Gasteiger partial charge in [0.2, 0.25) is 0 Å². The molecule has 0 amide bonds. The maximum absolute atomic E-state index is 6.34. The molecular weight excluding hydrogens is 304 g/mol. The Labute approximate surface area is 157 Å². The fourth-order valence-corrected chi connectivity index (χ4v) is 5.68. The van der Waals surface area contributed by atoms with Gasteiger partial charge in [0.1, 0.15) is 0 Å². The molecule has 1 nitrogen and oxygen atoms in total. The molecule has 0 spiro atoms. The van der Waals surface area contributed by atoms with Gasteiger partial charge >= 0.3 is 0 Å². The van der Waals surface area contributed by atoms with E-state index in [9.17, 15) is 0 Å². The zero-order chi connectivity index (χ0) is 17.5. The van der Waals surface area contributed by atoms with E-state index < -0.39 is 0 Å². The van der Waals surface area contributed by atoms with Crippen LogP contribution in [0.15, 0.2) is 12.2 Å². The van der Waals surface area contributed by atoms with E-state index in [4.69, 9.17) is 4.74 Å². The summed E-state index contributed by atoms with van der Waals surface area (Å²) in [5.74, 6) is 4.44. The van der Waals surface area contributed by atoms with E-state index in [1.165, 1.54) is 83.5 Å². The lowest BCUT2D eigenvalue weighted by molar-refractivity contribution is -0.0492. The molecule has 0 aromatic carbocycles. The minimum absolute atomic E-state index is 0.576. The second kappa shape index (κ2) is 10.1. The van der Waals surface area contributed by atoms with E-state index >= 15 is 0 Å². The van der Waals surface area contributed by atoms with Crippen molar-refractivity contribution in [2.24, 2.45) is 29.6 Å². The minimum atomic E-state index is 0.576. The number of hydrogen-bond acceptors (Lipinski definition) is 1. The number of ether oxygens (including phenoxy) is 1. The summed E-state index contributed by atoms with van der Waals surface area (Å²) in [4.78, 5) is 0. The first-order valence-electron chi connectivity index (χ1n) is 11.6. The Morgan fingerprint density at radius 1 is 0.720 bits per heavy atom. The monoisotopic (exact) mass is 346 g/mol. The normalized spacial score (nSPS) is 40.4. The Morgan fingerprint density at radius 2 is 1.36 bits per heavy atom. The summed E-state index contributed by atoms with van der Waals surface area (Å²) >= 11 is 0. The smallest absolute Gasteiger partial charge is 0.0603 e. The van der Waals surface area contributed by atoms with Crippen LogP contribution in [0.4, 0.5) is 0 Å². The van der Waals surface area contributed by atoms with Gasteiger partial charge in [-0.05, 0) is 75.0 Å². The van der Waals surface area contributed by atoms with E-state index in [1.54, 1.807) is 0 Å². The van der Waals surface area contributed by atoms with Crippen LogP contribution in [0.1, 0.15) is 97.3 Å². The molecule has 1 saturated heterocycles. The minimum Gasteiger partial charge on any atom is -0.377 e. The highest BCUT2D eigenvalue weighted by molar-refractivity contribution is 4.96. The van der Waals surface area contributed by atoms with Gasteiger partial charge in [0.25, 0.3) is 0 Å². The van der Waals surface area contributed by atoms with Gasteiger partial charge in [0, 0.05) is 5.92 Å². The molecule has 0 bridgehead atoms.